The van der Waals surface area contributed by atoms with Crippen LogP contribution in [0.2, 0.25) is 0 Å². The summed E-state index contributed by atoms with van der Waals surface area (Å²) in [5.74, 6) is 1.44. The van der Waals surface area contributed by atoms with Crippen LogP contribution in [0.25, 0.3) is 0 Å². The van der Waals surface area contributed by atoms with Gasteiger partial charge in [-0.3, -0.25) is 0 Å². The predicted molar refractivity (Wildman–Crippen MR) is 46.2 cm³/mol. The Hall–Kier alpha value is -0.340. The third-order valence-corrected chi connectivity index (χ3v) is 3.11. The van der Waals surface area contributed by atoms with Gasteiger partial charge in [0, 0.05) is 19.1 Å². The molecule has 3 atom stereocenters. The highest BCUT2D eigenvalue weighted by atomic mass is 14.9. The minimum atomic E-state index is 0.402. The van der Waals surface area contributed by atoms with Crippen molar-refractivity contribution in [1.29, 1.82) is 0 Å². The molecule has 1 saturated heterocycles. The first kappa shape index (κ1) is 7.32. The summed E-state index contributed by atoms with van der Waals surface area (Å²) < 4.78 is 0. The summed E-state index contributed by atoms with van der Waals surface area (Å²) in [6.07, 6.45) is 3.38. The summed E-state index contributed by atoms with van der Waals surface area (Å²) in [7, 11) is 0. The number of nitrogens with two attached hydrogens (primary N) is 1. The highest BCUT2D eigenvalue weighted by molar-refractivity contribution is 5.15. The molecular weight excluding hydrogens is 136 g/mol. The zero-order chi connectivity index (χ0) is 7.84. The molecule has 11 heavy (non-hydrogen) atoms. The van der Waals surface area contributed by atoms with Gasteiger partial charge in [0.25, 0.3) is 0 Å². The zero-order valence-corrected chi connectivity index (χ0v) is 7.01. The fourth-order valence-corrected chi connectivity index (χ4v) is 2.30. The Bertz CT molecular complexity index is 186. The molecule has 2 rings (SSSR count). The van der Waals surface area contributed by atoms with E-state index >= 15 is 0 Å². The highest BCUT2D eigenvalue weighted by Gasteiger charge is 2.34. The van der Waals surface area contributed by atoms with Crippen molar-refractivity contribution in [2.45, 2.75) is 19.4 Å². The summed E-state index contributed by atoms with van der Waals surface area (Å²) >= 11 is 0. The number of nitrogens with one attached hydrogen (secondary N) is 1. The molecule has 3 unspecified atom stereocenters. The second-order valence-electron chi connectivity index (χ2n) is 3.78. The van der Waals surface area contributed by atoms with E-state index in [1.54, 1.807) is 5.57 Å². The molecule has 0 aromatic heterocycles. The molecule has 1 heterocycles. The molecule has 2 heteroatoms. The molecule has 0 aromatic rings. The lowest BCUT2D eigenvalue weighted by molar-refractivity contribution is 0.366. The topological polar surface area (TPSA) is 38.0 Å². The van der Waals surface area contributed by atoms with Crippen LogP contribution in [0.15, 0.2) is 11.6 Å². The van der Waals surface area contributed by atoms with Crippen molar-refractivity contribution in [2.75, 3.05) is 13.1 Å². The van der Waals surface area contributed by atoms with E-state index < -0.39 is 0 Å². The van der Waals surface area contributed by atoms with Gasteiger partial charge in [-0.2, -0.15) is 0 Å². The second kappa shape index (κ2) is 2.61. The van der Waals surface area contributed by atoms with Gasteiger partial charge in [-0.15, -0.1) is 0 Å². The average molecular weight is 152 g/mol. The highest BCUT2D eigenvalue weighted by Crippen LogP contribution is 2.31. The maximum atomic E-state index is 6.00. The van der Waals surface area contributed by atoms with Crippen LogP contribution >= 0.6 is 0 Å². The van der Waals surface area contributed by atoms with Crippen molar-refractivity contribution in [3.05, 3.63) is 11.6 Å². The normalized spacial score (nSPS) is 43.5. The van der Waals surface area contributed by atoms with Crippen LogP contribution in [-0.4, -0.2) is 19.1 Å². The Morgan fingerprint density at radius 1 is 1.55 bits per heavy atom. The molecule has 62 valence electrons. The molecule has 2 nitrogen and oxygen atoms in total. The van der Waals surface area contributed by atoms with E-state index in [2.05, 4.69) is 18.3 Å². The van der Waals surface area contributed by atoms with E-state index in [0.717, 1.165) is 25.4 Å². The van der Waals surface area contributed by atoms with Crippen LogP contribution in [0.1, 0.15) is 13.3 Å². The van der Waals surface area contributed by atoms with Gasteiger partial charge in [0.05, 0.1) is 0 Å². The standard InChI is InChI=1S/C9H16N2/c1-6-2-3-9(10)8-5-11-4-7(6)8/h2,7-9,11H,3-5,10H2,1H3. The summed E-state index contributed by atoms with van der Waals surface area (Å²) in [4.78, 5) is 0. The van der Waals surface area contributed by atoms with Gasteiger partial charge in [-0.25, -0.2) is 0 Å². The van der Waals surface area contributed by atoms with Gasteiger partial charge in [0.1, 0.15) is 0 Å². The van der Waals surface area contributed by atoms with E-state index in [0.29, 0.717) is 12.0 Å². The van der Waals surface area contributed by atoms with Gasteiger partial charge < -0.3 is 11.1 Å². The summed E-state index contributed by atoms with van der Waals surface area (Å²) in [6, 6.07) is 0.402. The van der Waals surface area contributed by atoms with Crippen molar-refractivity contribution in [2.24, 2.45) is 17.6 Å². The lowest BCUT2D eigenvalue weighted by Gasteiger charge is -2.29. The molecule has 0 saturated carbocycles. The first-order chi connectivity index (χ1) is 5.29. The molecule has 0 radical (unpaired) electrons. The molecule has 2 aliphatic rings. The molecule has 0 spiro atoms. The molecule has 3 N–H and O–H groups in total. The Balaban J connectivity index is 2.20. The second-order valence-corrected chi connectivity index (χ2v) is 3.78. The summed E-state index contributed by atoms with van der Waals surface area (Å²) in [5.41, 5.74) is 7.54. The fraction of sp³-hybridized carbons (Fsp3) is 0.778. The van der Waals surface area contributed by atoms with Crippen molar-refractivity contribution in [3.8, 4) is 0 Å². The van der Waals surface area contributed by atoms with Gasteiger partial charge >= 0.3 is 0 Å². The smallest absolute Gasteiger partial charge is 0.0120 e. The van der Waals surface area contributed by atoms with Gasteiger partial charge in [-0.1, -0.05) is 11.6 Å². The predicted octanol–water partition coefficient (Wildman–Crippen LogP) is 0.499. The molecule has 0 bridgehead atoms. The quantitative estimate of drug-likeness (QED) is 0.496. The van der Waals surface area contributed by atoms with Crippen molar-refractivity contribution in [3.63, 3.8) is 0 Å². The molecule has 0 aromatic carbocycles. The lowest BCUT2D eigenvalue weighted by atomic mass is 9.78. The Morgan fingerprint density at radius 3 is 3.09 bits per heavy atom. The number of hydrogen-bond donors (Lipinski definition) is 2. The van der Waals surface area contributed by atoms with Gasteiger partial charge in [0.15, 0.2) is 0 Å². The van der Waals surface area contributed by atoms with Gasteiger partial charge in [0.2, 0.25) is 0 Å². The van der Waals surface area contributed by atoms with Crippen LogP contribution in [0.3, 0.4) is 0 Å². The Kier molecular flexibility index (Phi) is 1.74. The van der Waals surface area contributed by atoms with Crippen LogP contribution in [0.4, 0.5) is 0 Å². The Morgan fingerprint density at radius 2 is 2.36 bits per heavy atom. The first-order valence-corrected chi connectivity index (χ1v) is 4.42. The number of hydrogen-bond acceptors (Lipinski definition) is 2. The Labute approximate surface area is 67.8 Å². The van der Waals surface area contributed by atoms with Crippen molar-refractivity contribution >= 4 is 0 Å². The van der Waals surface area contributed by atoms with Crippen LogP contribution < -0.4 is 11.1 Å². The maximum absolute atomic E-state index is 6.00. The summed E-state index contributed by atoms with van der Waals surface area (Å²) in [6.45, 7) is 4.49. The largest absolute Gasteiger partial charge is 0.327 e. The van der Waals surface area contributed by atoms with E-state index in [1.807, 2.05) is 0 Å². The zero-order valence-electron chi connectivity index (χ0n) is 7.01. The number of fused-ring (bicyclic) bond motifs is 1. The molecule has 1 aliphatic heterocycles. The number of rotatable bonds is 0. The van der Waals surface area contributed by atoms with Crippen LogP contribution in [-0.2, 0) is 0 Å². The molecule has 0 amide bonds. The third-order valence-electron chi connectivity index (χ3n) is 3.11. The minimum Gasteiger partial charge on any atom is -0.327 e. The van der Waals surface area contributed by atoms with E-state index in [-0.39, 0.29) is 0 Å². The van der Waals surface area contributed by atoms with E-state index in [4.69, 9.17) is 5.73 Å². The molecule has 1 aliphatic carbocycles. The molecule has 1 fully saturated rings. The first-order valence-electron chi connectivity index (χ1n) is 4.42. The molecular formula is C9H16N2. The average Bonchev–Trinajstić information content (AvgIpc) is 2.45. The van der Waals surface area contributed by atoms with Crippen LogP contribution in [0.5, 0.6) is 0 Å². The van der Waals surface area contributed by atoms with Crippen molar-refractivity contribution < 1.29 is 0 Å². The maximum Gasteiger partial charge on any atom is 0.0120 e. The SMILES string of the molecule is CC1=CCC(N)C2CNCC12. The van der Waals surface area contributed by atoms with Crippen LogP contribution in [0, 0.1) is 11.8 Å². The van der Waals surface area contributed by atoms with E-state index in [1.165, 1.54) is 0 Å². The minimum absolute atomic E-state index is 0.402. The third kappa shape index (κ3) is 1.10. The van der Waals surface area contributed by atoms with Crippen molar-refractivity contribution in [1.82, 2.24) is 5.32 Å². The fourth-order valence-electron chi connectivity index (χ4n) is 2.30. The monoisotopic (exact) mass is 152 g/mol. The summed E-state index contributed by atoms with van der Waals surface area (Å²) in [5, 5.41) is 3.40. The van der Waals surface area contributed by atoms with E-state index in [9.17, 15) is 0 Å². The lowest BCUT2D eigenvalue weighted by Crippen LogP contribution is -2.37. The van der Waals surface area contributed by atoms with Gasteiger partial charge in [-0.05, 0) is 25.2 Å².